The summed E-state index contributed by atoms with van der Waals surface area (Å²) in [6, 6.07) is 18.2. The van der Waals surface area contributed by atoms with Crippen molar-refractivity contribution in [3.8, 4) is 0 Å². The second kappa shape index (κ2) is 9.07. The summed E-state index contributed by atoms with van der Waals surface area (Å²) in [6.45, 7) is 2.44. The minimum Gasteiger partial charge on any atom is -0.350 e. The van der Waals surface area contributed by atoms with Gasteiger partial charge in [0, 0.05) is 31.2 Å². The predicted octanol–water partition coefficient (Wildman–Crippen LogP) is 2.63. The molecule has 1 aliphatic heterocycles. The summed E-state index contributed by atoms with van der Waals surface area (Å²) in [4.78, 5) is 40.1. The highest BCUT2D eigenvalue weighted by Gasteiger charge is 2.46. The maximum absolute atomic E-state index is 13.1. The Morgan fingerprint density at radius 2 is 1.73 bits per heavy atom. The third-order valence-electron chi connectivity index (χ3n) is 5.86. The van der Waals surface area contributed by atoms with Gasteiger partial charge in [-0.05, 0) is 30.2 Å². The molecule has 8 nitrogen and oxygen atoms in total. The molecule has 0 saturated carbocycles. The molecule has 1 aromatic heterocycles. The van der Waals surface area contributed by atoms with Crippen molar-refractivity contribution in [1.29, 1.82) is 0 Å². The first-order valence-corrected chi connectivity index (χ1v) is 10.9. The molecule has 33 heavy (non-hydrogen) atoms. The molecule has 4 rings (SSSR count). The van der Waals surface area contributed by atoms with Gasteiger partial charge in [0.2, 0.25) is 5.91 Å². The van der Waals surface area contributed by atoms with E-state index < -0.39 is 11.4 Å². The fourth-order valence-electron chi connectivity index (χ4n) is 3.73. The first-order valence-electron chi connectivity index (χ1n) is 10.5. The lowest BCUT2D eigenvalue weighted by atomic mass is 9.96. The van der Waals surface area contributed by atoms with Crippen LogP contribution in [0.2, 0.25) is 5.02 Å². The van der Waals surface area contributed by atoms with Crippen molar-refractivity contribution in [1.82, 2.24) is 25.3 Å². The van der Waals surface area contributed by atoms with E-state index >= 15 is 0 Å². The summed E-state index contributed by atoms with van der Waals surface area (Å²) in [6.07, 6.45) is 0. The zero-order valence-electron chi connectivity index (χ0n) is 18.3. The molecule has 0 saturated heterocycles. The van der Waals surface area contributed by atoms with E-state index in [1.165, 1.54) is 15.6 Å². The van der Waals surface area contributed by atoms with Gasteiger partial charge in [-0.25, -0.2) is 0 Å². The van der Waals surface area contributed by atoms with Crippen LogP contribution < -0.4 is 10.6 Å². The van der Waals surface area contributed by atoms with Crippen LogP contribution in [-0.4, -0.2) is 45.0 Å². The molecule has 0 radical (unpaired) electrons. The largest absolute Gasteiger partial charge is 0.350 e. The lowest BCUT2D eigenvalue weighted by molar-refractivity contribution is -0.132. The van der Waals surface area contributed by atoms with Gasteiger partial charge in [0.15, 0.2) is 5.69 Å². The van der Waals surface area contributed by atoms with Crippen LogP contribution in [0.1, 0.15) is 39.0 Å². The lowest BCUT2D eigenvalue weighted by Gasteiger charge is -2.40. The fraction of sp³-hybridized carbons (Fsp3) is 0.250. The third-order valence-corrected chi connectivity index (χ3v) is 6.10. The average molecular weight is 466 g/mol. The number of nitrogens with one attached hydrogen (secondary N) is 2. The standard InChI is InChI=1S/C24H24ClN5O3/c1-24(23(33)27-13-16-7-4-3-5-8-16)15-30-20(22(32)29(24)2)12-19(28-30)21(31)26-14-17-9-6-10-18(25)11-17/h3-12H,13-15H2,1-2H3,(H,26,31)(H,27,33). The van der Waals surface area contributed by atoms with Gasteiger partial charge in [-0.3, -0.25) is 19.1 Å². The summed E-state index contributed by atoms with van der Waals surface area (Å²) in [7, 11) is 1.58. The van der Waals surface area contributed by atoms with E-state index in [4.69, 9.17) is 11.6 Å². The molecule has 1 unspecified atom stereocenters. The SMILES string of the molecule is CN1C(=O)c2cc(C(=O)NCc3cccc(Cl)c3)nn2CC1(C)C(=O)NCc1ccccc1. The van der Waals surface area contributed by atoms with Crippen LogP contribution in [-0.2, 0) is 24.4 Å². The minimum atomic E-state index is -1.15. The number of likely N-dealkylation sites (N-methyl/N-ethyl adjacent to an activating group) is 1. The Morgan fingerprint density at radius 1 is 1.03 bits per heavy atom. The van der Waals surface area contributed by atoms with Crippen molar-refractivity contribution < 1.29 is 14.4 Å². The van der Waals surface area contributed by atoms with E-state index in [1.54, 1.807) is 32.2 Å². The van der Waals surface area contributed by atoms with Gasteiger partial charge < -0.3 is 15.5 Å². The molecule has 3 amide bonds. The minimum absolute atomic E-state index is 0.114. The number of carbonyl (C=O) groups excluding carboxylic acids is 3. The number of benzene rings is 2. The molecular weight excluding hydrogens is 442 g/mol. The molecule has 1 atom stereocenters. The van der Waals surface area contributed by atoms with Gasteiger partial charge in [-0.1, -0.05) is 54.1 Å². The third kappa shape index (κ3) is 4.61. The number of hydrogen-bond acceptors (Lipinski definition) is 4. The zero-order valence-corrected chi connectivity index (χ0v) is 19.1. The van der Waals surface area contributed by atoms with Crippen LogP contribution in [0.25, 0.3) is 0 Å². The zero-order chi connectivity index (χ0) is 23.6. The molecule has 2 heterocycles. The number of carbonyl (C=O) groups is 3. The number of fused-ring (bicyclic) bond motifs is 1. The second-order valence-corrected chi connectivity index (χ2v) is 8.63. The van der Waals surface area contributed by atoms with Gasteiger partial charge in [0.05, 0.1) is 6.54 Å². The van der Waals surface area contributed by atoms with Crippen molar-refractivity contribution in [3.63, 3.8) is 0 Å². The van der Waals surface area contributed by atoms with Crippen LogP contribution in [0, 0.1) is 0 Å². The summed E-state index contributed by atoms with van der Waals surface area (Å²) >= 11 is 5.98. The first-order chi connectivity index (χ1) is 15.8. The van der Waals surface area contributed by atoms with Gasteiger partial charge in [0.25, 0.3) is 11.8 Å². The fourth-order valence-corrected chi connectivity index (χ4v) is 3.94. The van der Waals surface area contributed by atoms with E-state index in [1.807, 2.05) is 36.4 Å². The van der Waals surface area contributed by atoms with Gasteiger partial charge in [-0.15, -0.1) is 0 Å². The number of nitrogens with zero attached hydrogens (tertiary/aromatic N) is 3. The average Bonchev–Trinajstić information content (AvgIpc) is 3.24. The Hall–Kier alpha value is -3.65. The molecular formula is C24H24ClN5O3. The Bertz CT molecular complexity index is 1210. The van der Waals surface area contributed by atoms with Crippen molar-refractivity contribution in [2.75, 3.05) is 7.05 Å². The monoisotopic (exact) mass is 465 g/mol. The van der Waals surface area contributed by atoms with Crippen LogP contribution in [0.3, 0.4) is 0 Å². The maximum Gasteiger partial charge on any atom is 0.272 e. The summed E-state index contributed by atoms with van der Waals surface area (Å²) in [5.41, 5.74) is 1.02. The smallest absolute Gasteiger partial charge is 0.272 e. The molecule has 170 valence electrons. The van der Waals surface area contributed by atoms with Gasteiger partial charge >= 0.3 is 0 Å². The maximum atomic E-state index is 13.1. The topological polar surface area (TPSA) is 96.3 Å². The van der Waals surface area contributed by atoms with E-state index in [2.05, 4.69) is 15.7 Å². The van der Waals surface area contributed by atoms with Crippen LogP contribution >= 0.6 is 11.6 Å². The molecule has 2 aromatic carbocycles. The summed E-state index contributed by atoms with van der Waals surface area (Å²) < 4.78 is 1.43. The van der Waals surface area contributed by atoms with Crippen molar-refractivity contribution >= 4 is 29.3 Å². The second-order valence-electron chi connectivity index (χ2n) is 8.19. The Morgan fingerprint density at radius 3 is 2.45 bits per heavy atom. The molecule has 1 aliphatic rings. The molecule has 3 aromatic rings. The number of hydrogen-bond donors (Lipinski definition) is 2. The van der Waals surface area contributed by atoms with Crippen LogP contribution in [0.4, 0.5) is 0 Å². The first kappa shape index (κ1) is 22.5. The van der Waals surface area contributed by atoms with Crippen molar-refractivity contribution in [2.24, 2.45) is 0 Å². The summed E-state index contributed by atoms with van der Waals surface area (Å²) in [5, 5.41) is 10.6. The van der Waals surface area contributed by atoms with E-state index in [0.717, 1.165) is 11.1 Å². The molecule has 9 heteroatoms. The highest BCUT2D eigenvalue weighted by Crippen LogP contribution is 2.26. The van der Waals surface area contributed by atoms with Crippen molar-refractivity contribution in [2.45, 2.75) is 32.1 Å². The highest BCUT2D eigenvalue weighted by atomic mass is 35.5. The Labute approximate surface area is 196 Å². The summed E-state index contributed by atoms with van der Waals surface area (Å²) in [5.74, 6) is -1.09. The van der Waals surface area contributed by atoms with Crippen LogP contribution in [0.15, 0.2) is 60.7 Å². The highest BCUT2D eigenvalue weighted by molar-refractivity contribution is 6.30. The number of rotatable bonds is 6. The van der Waals surface area contributed by atoms with E-state index in [9.17, 15) is 14.4 Å². The molecule has 0 aliphatic carbocycles. The molecule has 0 spiro atoms. The van der Waals surface area contributed by atoms with Gasteiger partial charge in [-0.2, -0.15) is 5.10 Å². The Balaban J connectivity index is 1.47. The van der Waals surface area contributed by atoms with E-state index in [0.29, 0.717) is 11.6 Å². The number of aromatic nitrogens is 2. The van der Waals surface area contributed by atoms with Crippen LogP contribution in [0.5, 0.6) is 0 Å². The quantitative estimate of drug-likeness (QED) is 0.585. The normalized spacial score (nSPS) is 17.4. The van der Waals surface area contributed by atoms with Gasteiger partial charge in [0.1, 0.15) is 11.2 Å². The van der Waals surface area contributed by atoms with Crippen molar-refractivity contribution in [3.05, 3.63) is 88.2 Å². The molecule has 2 N–H and O–H groups in total. The number of halogens is 1. The predicted molar refractivity (Wildman–Crippen MR) is 124 cm³/mol. The molecule has 0 bridgehead atoms. The lowest BCUT2D eigenvalue weighted by Crippen LogP contribution is -2.62. The Kier molecular flexibility index (Phi) is 6.20. The molecule has 0 fully saturated rings. The van der Waals surface area contributed by atoms with E-state index in [-0.39, 0.29) is 36.3 Å². The number of amides is 3.